The van der Waals surface area contributed by atoms with Gasteiger partial charge in [0.2, 0.25) is 0 Å². The first-order valence-corrected chi connectivity index (χ1v) is 22.2. The van der Waals surface area contributed by atoms with E-state index in [1.165, 1.54) is 48.8 Å². The first-order chi connectivity index (χ1) is 31.2. The fraction of sp³-hybridized carbons (Fsp3) is 0.0172. The van der Waals surface area contributed by atoms with Crippen LogP contribution in [0.4, 0.5) is 5.69 Å². The van der Waals surface area contributed by atoms with Gasteiger partial charge in [-0.05, 0) is 78.0 Å². The van der Waals surface area contributed by atoms with Crippen LogP contribution in [0, 0.1) is 0 Å². The van der Waals surface area contributed by atoms with Gasteiger partial charge in [-0.25, -0.2) is 15.0 Å². The summed E-state index contributed by atoms with van der Waals surface area (Å²) in [5, 5.41) is 11.3. The van der Waals surface area contributed by atoms with E-state index in [4.69, 9.17) is 15.0 Å². The highest BCUT2D eigenvalue weighted by Crippen LogP contribution is 2.54. The average Bonchev–Trinajstić information content (AvgIpc) is 3.83. The molecular weight excluding hydrogens is 785 g/mol. The second kappa shape index (κ2) is 15.6. The minimum atomic E-state index is 0.137. The van der Waals surface area contributed by atoms with Crippen molar-refractivity contribution < 1.29 is 0 Å². The van der Waals surface area contributed by atoms with Crippen molar-refractivity contribution in [1.29, 1.82) is 0 Å². The van der Waals surface area contributed by atoms with Gasteiger partial charge in [-0.3, -0.25) is 0 Å². The van der Waals surface area contributed by atoms with E-state index in [9.17, 15) is 0 Å². The second-order valence-electron chi connectivity index (χ2n) is 16.0. The number of fused-ring (bicyclic) bond motifs is 7. The van der Waals surface area contributed by atoms with Gasteiger partial charge in [0.25, 0.3) is 0 Å². The van der Waals surface area contributed by atoms with Crippen LogP contribution in [0.5, 0.6) is 0 Å². The molecule has 0 aliphatic carbocycles. The number of benzene rings is 10. The van der Waals surface area contributed by atoms with E-state index >= 15 is 0 Å². The third-order valence-corrected chi connectivity index (χ3v) is 13.5. The zero-order chi connectivity index (χ0) is 41.7. The van der Waals surface area contributed by atoms with E-state index in [-0.39, 0.29) is 5.37 Å². The first kappa shape index (κ1) is 36.9. The third kappa shape index (κ3) is 6.71. The Morgan fingerprint density at radius 2 is 0.746 bits per heavy atom. The number of thioether (sulfide) groups is 1. The monoisotopic (exact) mass is 822 g/mol. The lowest BCUT2D eigenvalue weighted by Gasteiger charge is -2.15. The smallest absolute Gasteiger partial charge is 0.164 e. The fourth-order valence-corrected chi connectivity index (χ4v) is 10.3. The molecule has 0 fully saturated rings. The number of nitrogens with zero attached hydrogens (tertiary/aromatic N) is 3. The Hall–Kier alpha value is -7.86. The number of anilines is 1. The van der Waals surface area contributed by atoms with Crippen LogP contribution >= 0.6 is 11.8 Å². The molecular formula is C58H38N4S. The third-order valence-electron chi connectivity index (χ3n) is 12.2. The molecule has 12 rings (SSSR count). The summed E-state index contributed by atoms with van der Waals surface area (Å²) in [6, 6.07) is 77.5. The van der Waals surface area contributed by atoms with Gasteiger partial charge in [0, 0.05) is 27.0 Å². The van der Waals surface area contributed by atoms with Crippen molar-refractivity contribution in [2.75, 3.05) is 5.32 Å². The molecule has 2 heterocycles. The molecule has 0 saturated heterocycles. The van der Waals surface area contributed by atoms with E-state index in [0.29, 0.717) is 17.5 Å². The van der Waals surface area contributed by atoms with Crippen LogP contribution in [0.15, 0.2) is 223 Å². The second-order valence-corrected chi connectivity index (χ2v) is 17.1. The Morgan fingerprint density at radius 1 is 0.317 bits per heavy atom. The molecule has 1 unspecified atom stereocenters. The molecule has 10 aromatic carbocycles. The van der Waals surface area contributed by atoms with Crippen molar-refractivity contribution in [3.05, 3.63) is 224 Å². The summed E-state index contributed by atoms with van der Waals surface area (Å²) in [5.74, 6) is 1.89. The minimum absolute atomic E-state index is 0.137. The van der Waals surface area contributed by atoms with Gasteiger partial charge in [-0.1, -0.05) is 218 Å². The predicted molar refractivity (Wildman–Crippen MR) is 264 cm³/mol. The molecule has 1 aliphatic rings. The molecule has 0 saturated carbocycles. The predicted octanol–water partition coefficient (Wildman–Crippen LogP) is 15.5. The Balaban J connectivity index is 0.987. The maximum absolute atomic E-state index is 5.23. The molecule has 1 aromatic heterocycles. The van der Waals surface area contributed by atoms with Gasteiger partial charge >= 0.3 is 0 Å². The molecule has 11 aromatic rings. The lowest BCUT2D eigenvalue weighted by Crippen LogP contribution is -2.01. The van der Waals surface area contributed by atoms with Crippen LogP contribution in [0.1, 0.15) is 10.9 Å². The Morgan fingerprint density at radius 3 is 1.35 bits per heavy atom. The van der Waals surface area contributed by atoms with Crippen molar-refractivity contribution in [2.24, 2.45) is 0 Å². The lowest BCUT2D eigenvalue weighted by molar-refractivity contribution is 1.08. The van der Waals surface area contributed by atoms with Crippen LogP contribution in [-0.2, 0) is 0 Å². The molecule has 63 heavy (non-hydrogen) atoms. The molecule has 0 amide bonds. The molecule has 1 N–H and O–H groups in total. The molecule has 0 radical (unpaired) electrons. The zero-order valence-corrected chi connectivity index (χ0v) is 34.9. The molecule has 296 valence electrons. The minimum Gasteiger partial charge on any atom is -0.368 e. The zero-order valence-electron chi connectivity index (χ0n) is 34.1. The van der Waals surface area contributed by atoms with Crippen molar-refractivity contribution in [3.8, 4) is 67.5 Å². The van der Waals surface area contributed by atoms with Crippen LogP contribution in [0.2, 0.25) is 0 Å². The van der Waals surface area contributed by atoms with Crippen LogP contribution in [0.25, 0.3) is 99.9 Å². The molecule has 4 nitrogen and oxygen atoms in total. The standard InChI is InChI=1S/C58H38N4S/c1-4-14-37(15-5-1)39-24-28-41(29-25-39)55-60-56(42-30-26-40(27-31-42)38-16-6-2-7-17-38)62-57(61-55)51-35-34-45(46-20-10-11-22-48(46)51)44-32-33-49-47-21-12-13-23-50(47)54-53(52(49)36-44)59-58(63-54)43-18-8-3-9-19-43/h1-36,58-59H. The van der Waals surface area contributed by atoms with Gasteiger partial charge in [-0.2, -0.15) is 0 Å². The van der Waals surface area contributed by atoms with Gasteiger partial charge in [0.05, 0.1) is 5.69 Å². The summed E-state index contributed by atoms with van der Waals surface area (Å²) in [6.07, 6.45) is 0. The highest BCUT2D eigenvalue weighted by atomic mass is 32.2. The molecule has 1 aliphatic heterocycles. The highest BCUT2D eigenvalue weighted by molar-refractivity contribution is 8.00. The Kier molecular flexibility index (Phi) is 9.12. The van der Waals surface area contributed by atoms with Gasteiger partial charge in [-0.15, -0.1) is 0 Å². The van der Waals surface area contributed by atoms with Crippen molar-refractivity contribution in [3.63, 3.8) is 0 Å². The summed E-state index contributed by atoms with van der Waals surface area (Å²) in [6.45, 7) is 0. The summed E-state index contributed by atoms with van der Waals surface area (Å²) < 4.78 is 0. The van der Waals surface area contributed by atoms with E-state index in [0.717, 1.165) is 49.7 Å². The molecule has 1 atom stereocenters. The molecule has 5 heteroatoms. The largest absolute Gasteiger partial charge is 0.368 e. The topological polar surface area (TPSA) is 50.7 Å². The van der Waals surface area contributed by atoms with E-state index in [1.807, 2.05) is 23.9 Å². The number of nitrogens with one attached hydrogen (secondary N) is 1. The first-order valence-electron chi connectivity index (χ1n) is 21.3. The number of aromatic nitrogens is 3. The Bertz CT molecular complexity index is 3380. The Labute approximate surface area is 370 Å². The van der Waals surface area contributed by atoms with Crippen LogP contribution < -0.4 is 5.32 Å². The van der Waals surface area contributed by atoms with Crippen LogP contribution in [-0.4, -0.2) is 15.0 Å². The normalized spacial score (nSPS) is 13.3. The number of hydrogen-bond donors (Lipinski definition) is 1. The summed E-state index contributed by atoms with van der Waals surface area (Å²) in [7, 11) is 0. The van der Waals surface area contributed by atoms with Crippen molar-refractivity contribution in [1.82, 2.24) is 15.0 Å². The van der Waals surface area contributed by atoms with Crippen molar-refractivity contribution in [2.45, 2.75) is 10.3 Å². The van der Waals surface area contributed by atoms with Gasteiger partial charge in [0.15, 0.2) is 17.5 Å². The summed E-state index contributed by atoms with van der Waals surface area (Å²) in [5.41, 5.74) is 12.2. The summed E-state index contributed by atoms with van der Waals surface area (Å²) >= 11 is 1.91. The summed E-state index contributed by atoms with van der Waals surface area (Å²) in [4.78, 5) is 16.9. The van der Waals surface area contributed by atoms with Crippen LogP contribution in [0.3, 0.4) is 0 Å². The van der Waals surface area contributed by atoms with E-state index in [1.54, 1.807) is 0 Å². The SMILES string of the molecule is c1ccc(-c2ccc(-c3nc(-c4ccc(-c5ccccc5)cc4)nc(-c4ccc(-c5ccc6c(c5)c5c(c7ccccc76)SC(c6ccccc6)N5)c5ccccc45)n3)cc2)cc1. The quantitative estimate of drug-likeness (QED) is 0.162. The maximum Gasteiger partial charge on any atom is 0.164 e. The number of hydrogen-bond acceptors (Lipinski definition) is 5. The molecule has 0 bridgehead atoms. The highest BCUT2D eigenvalue weighted by Gasteiger charge is 2.28. The average molecular weight is 823 g/mol. The van der Waals surface area contributed by atoms with Crippen molar-refractivity contribution >= 4 is 49.8 Å². The van der Waals surface area contributed by atoms with Gasteiger partial charge in [0.1, 0.15) is 5.37 Å². The van der Waals surface area contributed by atoms with E-state index < -0.39 is 0 Å². The maximum atomic E-state index is 5.23. The fourth-order valence-electron chi connectivity index (χ4n) is 9.03. The van der Waals surface area contributed by atoms with E-state index in [2.05, 4.69) is 212 Å². The lowest BCUT2D eigenvalue weighted by atomic mass is 9.92. The number of rotatable bonds is 7. The van der Waals surface area contributed by atoms with Gasteiger partial charge < -0.3 is 5.32 Å². The molecule has 0 spiro atoms.